The van der Waals surface area contributed by atoms with E-state index < -0.39 is 6.09 Å². The highest BCUT2D eigenvalue weighted by Gasteiger charge is 2.54. The Morgan fingerprint density at radius 3 is 2.66 bits per heavy atom. The van der Waals surface area contributed by atoms with Crippen molar-refractivity contribution in [3.05, 3.63) is 65.5 Å². The predicted octanol–water partition coefficient (Wildman–Crippen LogP) is 7.33. The van der Waals surface area contributed by atoms with Crippen LogP contribution in [0.2, 0.25) is 0 Å². The number of primary amides is 1. The zero-order valence-electron chi connectivity index (χ0n) is 23.1. The van der Waals surface area contributed by atoms with E-state index in [1.165, 1.54) is 36.5 Å². The number of cyclic esters (lactones) is 1. The number of nitrogens with two attached hydrogens (primary N) is 1. The standard InChI is InChI=1S/C29H35FO2.C3H7NO2.H2/c1-17-7-10-25-22(13-17)16-27-28(19(3)32-29(27)31)26(25)12-9-20-8-11-24(18(2)14-20)21-5-4-6-23(30)15-21;1-2-6-3(4)5;/h4-6,8-9,11-12,15,17-19,22,25-28H,7,10,13-14,16H2,1-3H3;2H2,1H3,(H2,4,5);1H/b12-9+;;/t17-,18?,19-,22-,25+,26+,27-,28+;;/m0../s1. The van der Waals surface area contributed by atoms with E-state index in [4.69, 9.17) is 4.74 Å². The van der Waals surface area contributed by atoms with Crippen molar-refractivity contribution < 1.29 is 24.9 Å². The van der Waals surface area contributed by atoms with Crippen molar-refractivity contribution in [1.82, 2.24) is 0 Å². The van der Waals surface area contributed by atoms with Crippen molar-refractivity contribution in [3.63, 3.8) is 0 Å². The molecule has 4 aliphatic rings. The molecule has 6 heteroatoms. The number of rotatable bonds is 4. The van der Waals surface area contributed by atoms with Gasteiger partial charge in [-0.15, -0.1) is 0 Å². The molecule has 2 N–H and O–H groups in total. The molecule has 2 saturated carbocycles. The molecule has 5 nitrogen and oxygen atoms in total. The molecule has 1 saturated heterocycles. The van der Waals surface area contributed by atoms with E-state index >= 15 is 0 Å². The topological polar surface area (TPSA) is 78.6 Å². The van der Waals surface area contributed by atoms with Crippen molar-refractivity contribution >= 4 is 17.6 Å². The van der Waals surface area contributed by atoms with Gasteiger partial charge in [0.05, 0.1) is 12.5 Å². The highest BCUT2D eigenvalue weighted by molar-refractivity contribution is 5.75. The number of hydrogen-bond acceptors (Lipinski definition) is 4. The lowest BCUT2D eigenvalue weighted by atomic mass is 9.56. The summed E-state index contributed by atoms with van der Waals surface area (Å²) in [6, 6.07) is 6.90. The number of amides is 1. The first-order chi connectivity index (χ1) is 18.2. The summed E-state index contributed by atoms with van der Waals surface area (Å²) in [5.41, 5.74) is 8.03. The first kappa shape index (κ1) is 28.1. The third-order valence-corrected chi connectivity index (χ3v) is 8.94. The van der Waals surface area contributed by atoms with Gasteiger partial charge < -0.3 is 15.2 Å². The quantitative estimate of drug-likeness (QED) is 0.418. The summed E-state index contributed by atoms with van der Waals surface area (Å²) in [6.07, 6.45) is 14.2. The van der Waals surface area contributed by atoms with Crippen LogP contribution >= 0.6 is 0 Å². The second-order valence-electron chi connectivity index (χ2n) is 11.6. The molecule has 0 spiro atoms. The third kappa shape index (κ3) is 6.39. The number of esters is 1. The third-order valence-electron chi connectivity index (χ3n) is 8.94. The lowest BCUT2D eigenvalue weighted by Crippen LogP contribution is -2.43. The second-order valence-corrected chi connectivity index (χ2v) is 11.6. The molecule has 1 aliphatic heterocycles. The van der Waals surface area contributed by atoms with E-state index in [1.54, 1.807) is 19.1 Å². The van der Waals surface area contributed by atoms with Gasteiger partial charge >= 0.3 is 12.1 Å². The van der Waals surface area contributed by atoms with E-state index in [0.717, 1.165) is 24.3 Å². The fraction of sp³-hybridized carbons (Fsp3) is 0.562. The number of allylic oxidation sites excluding steroid dienone is 6. The van der Waals surface area contributed by atoms with Crippen molar-refractivity contribution in [2.45, 2.75) is 65.9 Å². The molecule has 1 aromatic carbocycles. The largest absolute Gasteiger partial charge is 0.462 e. The summed E-state index contributed by atoms with van der Waals surface area (Å²) in [5, 5.41) is 0. The number of carbonyl (C=O) groups excluding carboxylic acids is 2. The molecule has 1 unspecified atom stereocenters. The summed E-state index contributed by atoms with van der Waals surface area (Å²) >= 11 is 0. The van der Waals surface area contributed by atoms with Crippen LogP contribution < -0.4 is 5.73 Å². The normalized spacial score (nSPS) is 34.2. The fourth-order valence-electron chi connectivity index (χ4n) is 7.29. The zero-order valence-corrected chi connectivity index (χ0v) is 23.1. The minimum absolute atomic E-state index is 0. The van der Waals surface area contributed by atoms with Crippen molar-refractivity contribution in [1.29, 1.82) is 0 Å². The van der Waals surface area contributed by atoms with Gasteiger partial charge in [0.2, 0.25) is 0 Å². The van der Waals surface area contributed by atoms with Gasteiger partial charge in [-0.05, 0) is 98.0 Å². The number of hydrogen-bond donors (Lipinski definition) is 1. The van der Waals surface area contributed by atoms with Gasteiger partial charge in [0.25, 0.3) is 0 Å². The highest BCUT2D eigenvalue weighted by atomic mass is 19.1. The van der Waals surface area contributed by atoms with Crippen molar-refractivity contribution in [2.75, 3.05) is 6.61 Å². The Morgan fingerprint density at radius 1 is 1.21 bits per heavy atom. The first-order valence-electron chi connectivity index (χ1n) is 14.2. The molecular weight excluding hydrogens is 481 g/mol. The minimum Gasteiger partial charge on any atom is -0.462 e. The SMILES string of the molecule is CC1CC(/C=C/[C@@H]2[C@@H]3CC[C@H](C)C[C@H]3C[C@@H]3C(=O)O[C@@H](C)[C@H]23)=CC=C1c1cccc(F)c1.CCOC(N)=O.[HH]. The van der Waals surface area contributed by atoms with Gasteiger partial charge in [0.15, 0.2) is 0 Å². The predicted molar refractivity (Wildman–Crippen MR) is 149 cm³/mol. The van der Waals surface area contributed by atoms with Crippen LogP contribution in [0.1, 0.15) is 66.8 Å². The lowest BCUT2D eigenvalue weighted by Gasteiger charge is -2.47. The molecular formula is C32H44FNO4. The molecule has 0 bridgehead atoms. The van der Waals surface area contributed by atoms with Crippen molar-refractivity contribution in [2.24, 2.45) is 47.2 Å². The van der Waals surface area contributed by atoms with Gasteiger partial charge in [-0.3, -0.25) is 4.79 Å². The summed E-state index contributed by atoms with van der Waals surface area (Å²) in [7, 11) is 0. The average Bonchev–Trinajstić information content (AvgIpc) is 3.14. The van der Waals surface area contributed by atoms with Crippen LogP contribution in [0, 0.1) is 47.2 Å². The van der Waals surface area contributed by atoms with Gasteiger partial charge in [-0.2, -0.15) is 0 Å². The van der Waals surface area contributed by atoms with Crippen molar-refractivity contribution in [3.8, 4) is 0 Å². The summed E-state index contributed by atoms with van der Waals surface area (Å²) < 4.78 is 23.6. The molecule has 8 atom stereocenters. The maximum atomic E-state index is 13.7. The van der Waals surface area contributed by atoms with Gasteiger partial charge in [-0.1, -0.05) is 56.7 Å². The fourth-order valence-corrected chi connectivity index (χ4v) is 7.29. The van der Waals surface area contributed by atoms with Crippen LogP contribution in [0.5, 0.6) is 0 Å². The van der Waals surface area contributed by atoms with Gasteiger partial charge in [-0.25, -0.2) is 9.18 Å². The van der Waals surface area contributed by atoms with Crippen LogP contribution in [0.15, 0.2) is 54.1 Å². The molecule has 1 aromatic rings. The molecule has 208 valence electrons. The Balaban J connectivity index is 0.000000543. The highest BCUT2D eigenvalue weighted by Crippen LogP contribution is 2.54. The Hall–Kier alpha value is -2.89. The Labute approximate surface area is 227 Å². The van der Waals surface area contributed by atoms with E-state index in [-0.39, 0.29) is 25.2 Å². The first-order valence-corrected chi connectivity index (χ1v) is 14.2. The molecule has 3 fully saturated rings. The maximum absolute atomic E-state index is 13.7. The maximum Gasteiger partial charge on any atom is 0.404 e. The van der Waals surface area contributed by atoms with Crippen LogP contribution in [-0.4, -0.2) is 24.8 Å². The minimum atomic E-state index is -0.711. The molecule has 0 radical (unpaired) electrons. The van der Waals surface area contributed by atoms with Crippen LogP contribution in [0.4, 0.5) is 9.18 Å². The molecule has 1 amide bonds. The summed E-state index contributed by atoms with van der Waals surface area (Å²) in [4.78, 5) is 22.2. The molecule has 1 heterocycles. The number of carbonyl (C=O) groups is 2. The Bertz CT molecular complexity index is 1120. The van der Waals surface area contributed by atoms with Gasteiger partial charge in [0, 0.05) is 7.34 Å². The summed E-state index contributed by atoms with van der Waals surface area (Å²) in [5.74, 6) is 3.07. The average molecular weight is 526 g/mol. The number of benzene rings is 1. The second kappa shape index (κ2) is 12.3. The Morgan fingerprint density at radius 2 is 2.00 bits per heavy atom. The van der Waals surface area contributed by atoms with E-state index in [2.05, 4.69) is 55.5 Å². The smallest absolute Gasteiger partial charge is 0.404 e. The zero-order chi connectivity index (χ0) is 27.4. The van der Waals surface area contributed by atoms with E-state index in [9.17, 15) is 14.0 Å². The molecule has 3 aliphatic carbocycles. The monoisotopic (exact) mass is 525 g/mol. The van der Waals surface area contributed by atoms with E-state index in [0.29, 0.717) is 36.2 Å². The lowest BCUT2D eigenvalue weighted by molar-refractivity contribution is -0.144. The number of fused-ring (bicyclic) bond motifs is 2. The van der Waals surface area contributed by atoms with Crippen LogP contribution in [-0.2, 0) is 14.3 Å². The van der Waals surface area contributed by atoms with E-state index in [1.807, 2.05) is 6.07 Å². The number of halogens is 1. The van der Waals surface area contributed by atoms with Crippen LogP contribution in [0.25, 0.3) is 5.57 Å². The molecule has 5 rings (SSSR count). The molecule has 38 heavy (non-hydrogen) atoms. The van der Waals surface area contributed by atoms with Crippen LogP contribution in [0.3, 0.4) is 0 Å². The number of ether oxygens (including phenoxy) is 2. The molecule has 0 aromatic heterocycles. The summed E-state index contributed by atoms with van der Waals surface area (Å²) in [6.45, 7) is 8.73. The Kier molecular flexibility index (Phi) is 9.11. The van der Waals surface area contributed by atoms with Gasteiger partial charge in [0.1, 0.15) is 11.9 Å².